The predicted molar refractivity (Wildman–Crippen MR) is 91.7 cm³/mol. The summed E-state index contributed by atoms with van der Waals surface area (Å²) in [5.41, 5.74) is 0.683. The van der Waals surface area contributed by atoms with Crippen molar-refractivity contribution < 1.29 is 9.59 Å². The SMILES string of the molecule is C[C@@H](NC(=O)c1ccc(Br)s1)C(=O)Nc1ccc(Br)cc1. The fourth-order valence-electron chi connectivity index (χ4n) is 1.55. The topological polar surface area (TPSA) is 58.2 Å². The molecule has 110 valence electrons. The molecule has 0 aliphatic carbocycles. The maximum Gasteiger partial charge on any atom is 0.262 e. The van der Waals surface area contributed by atoms with Crippen molar-refractivity contribution in [2.75, 3.05) is 5.32 Å². The summed E-state index contributed by atoms with van der Waals surface area (Å²) in [4.78, 5) is 24.5. The second kappa shape index (κ2) is 7.20. The van der Waals surface area contributed by atoms with E-state index in [1.165, 1.54) is 11.3 Å². The van der Waals surface area contributed by atoms with Crippen molar-refractivity contribution in [3.8, 4) is 0 Å². The molecule has 0 fully saturated rings. The molecule has 2 rings (SSSR count). The van der Waals surface area contributed by atoms with Gasteiger partial charge in [0.1, 0.15) is 6.04 Å². The molecule has 0 saturated heterocycles. The van der Waals surface area contributed by atoms with Crippen LogP contribution in [0.3, 0.4) is 0 Å². The molecular formula is C14H12Br2N2O2S. The number of carbonyl (C=O) groups is 2. The number of nitrogens with one attached hydrogen (secondary N) is 2. The van der Waals surface area contributed by atoms with E-state index in [2.05, 4.69) is 42.5 Å². The molecule has 7 heteroatoms. The van der Waals surface area contributed by atoms with E-state index in [1.54, 1.807) is 31.2 Å². The lowest BCUT2D eigenvalue weighted by Gasteiger charge is -2.13. The number of thiophene rings is 1. The molecule has 1 atom stereocenters. The highest BCUT2D eigenvalue weighted by atomic mass is 79.9. The molecule has 0 spiro atoms. The first kappa shape index (κ1) is 16.2. The number of benzene rings is 1. The van der Waals surface area contributed by atoms with Gasteiger partial charge in [-0.15, -0.1) is 11.3 Å². The Morgan fingerprint density at radius 3 is 2.33 bits per heavy atom. The van der Waals surface area contributed by atoms with Crippen LogP contribution < -0.4 is 10.6 Å². The van der Waals surface area contributed by atoms with E-state index < -0.39 is 6.04 Å². The Bertz CT molecular complexity index is 655. The van der Waals surface area contributed by atoms with Crippen molar-refractivity contribution >= 4 is 60.7 Å². The maximum atomic E-state index is 12.0. The fourth-order valence-corrected chi connectivity index (χ4v) is 3.11. The summed E-state index contributed by atoms with van der Waals surface area (Å²) < 4.78 is 1.81. The molecule has 2 N–H and O–H groups in total. The average Bonchev–Trinajstić information content (AvgIpc) is 2.88. The van der Waals surface area contributed by atoms with Crippen LogP contribution in [-0.4, -0.2) is 17.9 Å². The van der Waals surface area contributed by atoms with E-state index in [9.17, 15) is 9.59 Å². The van der Waals surface area contributed by atoms with Gasteiger partial charge in [0, 0.05) is 10.2 Å². The molecule has 0 bridgehead atoms. The van der Waals surface area contributed by atoms with Gasteiger partial charge in [0.15, 0.2) is 0 Å². The van der Waals surface area contributed by atoms with E-state index in [1.807, 2.05) is 12.1 Å². The minimum Gasteiger partial charge on any atom is -0.340 e. The summed E-state index contributed by atoms with van der Waals surface area (Å²) in [7, 11) is 0. The van der Waals surface area contributed by atoms with Crippen LogP contribution in [0.4, 0.5) is 5.69 Å². The fraction of sp³-hybridized carbons (Fsp3) is 0.143. The third kappa shape index (κ3) is 4.66. The molecule has 4 nitrogen and oxygen atoms in total. The van der Waals surface area contributed by atoms with Gasteiger partial charge in [-0.2, -0.15) is 0 Å². The molecular weight excluding hydrogens is 420 g/mol. The van der Waals surface area contributed by atoms with Crippen LogP contribution in [0.15, 0.2) is 44.7 Å². The first-order chi connectivity index (χ1) is 9.95. The summed E-state index contributed by atoms with van der Waals surface area (Å²) >= 11 is 7.95. The van der Waals surface area contributed by atoms with Crippen molar-refractivity contribution in [2.45, 2.75) is 13.0 Å². The lowest BCUT2D eigenvalue weighted by atomic mass is 10.2. The highest BCUT2D eigenvalue weighted by Gasteiger charge is 2.17. The average molecular weight is 432 g/mol. The van der Waals surface area contributed by atoms with Crippen molar-refractivity contribution in [1.29, 1.82) is 0 Å². The van der Waals surface area contributed by atoms with Gasteiger partial charge >= 0.3 is 0 Å². The van der Waals surface area contributed by atoms with E-state index >= 15 is 0 Å². The minimum atomic E-state index is -0.623. The lowest BCUT2D eigenvalue weighted by molar-refractivity contribution is -0.117. The van der Waals surface area contributed by atoms with Crippen LogP contribution in [-0.2, 0) is 4.79 Å². The van der Waals surface area contributed by atoms with Gasteiger partial charge in [-0.25, -0.2) is 0 Å². The van der Waals surface area contributed by atoms with Crippen LogP contribution in [0.5, 0.6) is 0 Å². The maximum absolute atomic E-state index is 12.0. The molecule has 2 aromatic rings. The van der Waals surface area contributed by atoms with Gasteiger partial charge in [-0.1, -0.05) is 15.9 Å². The number of amides is 2. The second-order valence-electron chi connectivity index (χ2n) is 4.30. The minimum absolute atomic E-state index is 0.260. The Morgan fingerprint density at radius 2 is 1.76 bits per heavy atom. The van der Waals surface area contributed by atoms with Gasteiger partial charge in [0.25, 0.3) is 5.91 Å². The highest BCUT2D eigenvalue weighted by molar-refractivity contribution is 9.11. The largest absolute Gasteiger partial charge is 0.340 e. The molecule has 1 heterocycles. The molecule has 0 radical (unpaired) electrons. The molecule has 21 heavy (non-hydrogen) atoms. The van der Waals surface area contributed by atoms with Crippen LogP contribution in [0.25, 0.3) is 0 Å². The van der Waals surface area contributed by atoms with Gasteiger partial charge in [0.2, 0.25) is 5.91 Å². The molecule has 0 saturated carbocycles. The van der Waals surface area contributed by atoms with Crippen molar-refractivity contribution in [2.24, 2.45) is 0 Å². The van der Waals surface area contributed by atoms with E-state index in [0.29, 0.717) is 10.6 Å². The van der Waals surface area contributed by atoms with Gasteiger partial charge in [-0.05, 0) is 59.3 Å². The smallest absolute Gasteiger partial charge is 0.262 e. The normalized spacial score (nSPS) is 11.8. The number of rotatable bonds is 4. The van der Waals surface area contributed by atoms with E-state index in [0.717, 1.165) is 8.26 Å². The zero-order chi connectivity index (χ0) is 15.4. The summed E-state index contributed by atoms with van der Waals surface area (Å²) in [6.45, 7) is 1.65. The summed E-state index contributed by atoms with van der Waals surface area (Å²) in [5.74, 6) is -0.523. The van der Waals surface area contributed by atoms with Crippen LogP contribution in [0.1, 0.15) is 16.6 Å². The summed E-state index contributed by atoms with van der Waals surface area (Å²) in [6, 6.07) is 10.1. The third-order valence-corrected chi connectivity index (χ3v) is 4.80. The Labute approximate surface area is 143 Å². The Morgan fingerprint density at radius 1 is 1.10 bits per heavy atom. The predicted octanol–water partition coefficient (Wildman–Crippen LogP) is 4.03. The second-order valence-corrected chi connectivity index (χ2v) is 7.67. The van der Waals surface area contributed by atoms with Gasteiger partial charge in [-0.3, -0.25) is 9.59 Å². The zero-order valence-electron chi connectivity index (χ0n) is 11.0. The quantitative estimate of drug-likeness (QED) is 0.767. The van der Waals surface area contributed by atoms with Crippen molar-refractivity contribution in [3.05, 3.63) is 49.5 Å². The molecule has 1 aromatic carbocycles. The summed E-state index contributed by atoms with van der Waals surface area (Å²) in [6.07, 6.45) is 0. The van der Waals surface area contributed by atoms with Gasteiger partial charge in [0.05, 0.1) is 8.66 Å². The molecule has 2 amide bonds. The van der Waals surface area contributed by atoms with Gasteiger partial charge < -0.3 is 10.6 Å². The monoisotopic (exact) mass is 430 g/mol. The van der Waals surface area contributed by atoms with Crippen molar-refractivity contribution in [3.63, 3.8) is 0 Å². The first-order valence-electron chi connectivity index (χ1n) is 6.08. The molecule has 0 aliphatic rings. The number of hydrogen-bond donors (Lipinski definition) is 2. The zero-order valence-corrected chi connectivity index (χ0v) is 15.0. The van der Waals surface area contributed by atoms with E-state index in [4.69, 9.17) is 0 Å². The van der Waals surface area contributed by atoms with Crippen LogP contribution in [0, 0.1) is 0 Å². The number of anilines is 1. The highest BCUT2D eigenvalue weighted by Crippen LogP contribution is 2.22. The number of halogens is 2. The Kier molecular flexibility index (Phi) is 5.55. The Hall–Kier alpha value is -1.18. The third-order valence-electron chi connectivity index (χ3n) is 2.65. The van der Waals surface area contributed by atoms with Crippen LogP contribution >= 0.6 is 43.2 Å². The first-order valence-corrected chi connectivity index (χ1v) is 8.48. The standard InChI is InChI=1S/C14H12Br2N2O2S/c1-8(17-14(20)11-6-7-12(16)21-11)13(19)18-10-4-2-9(15)3-5-10/h2-8H,1H3,(H,17,20)(H,18,19)/t8-/m1/s1. The van der Waals surface area contributed by atoms with E-state index in [-0.39, 0.29) is 11.8 Å². The molecule has 0 aliphatic heterocycles. The summed E-state index contributed by atoms with van der Waals surface area (Å²) in [5, 5.41) is 5.42. The van der Waals surface area contributed by atoms with Crippen molar-refractivity contribution in [1.82, 2.24) is 5.32 Å². The molecule has 0 unspecified atom stereocenters. The molecule has 1 aromatic heterocycles. The number of carbonyl (C=O) groups excluding carboxylic acids is 2. The Balaban J connectivity index is 1.93. The van der Waals surface area contributed by atoms with Crippen LogP contribution in [0.2, 0.25) is 0 Å². The number of hydrogen-bond acceptors (Lipinski definition) is 3. The lowest BCUT2D eigenvalue weighted by Crippen LogP contribution is -2.41.